The quantitative estimate of drug-likeness (QED) is 0.878. The second-order valence-electron chi connectivity index (χ2n) is 5.07. The van der Waals surface area contributed by atoms with Gasteiger partial charge < -0.3 is 16.0 Å². The van der Waals surface area contributed by atoms with E-state index >= 15 is 0 Å². The van der Waals surface area contributed by atoms with Gasteiger partial charge in [-0.3, -0.25) is 4.98 Å². The average molecular weight is 285 g/mol. The van der Waals surface area contributed by atoms with Gasteiger partial charge in [0, 0.05) is 32.0 Å². The standard InChI is InChI=1S/C14H19N7/c15-12-18-13(17-10-11-4-6-16-7-5-11)20-14(19-12)21-8-2-1-3-9-21/h4-7H,1-3,8-10H2,(H3,15,17,18,19,20). The minimum Gasteiger partial charge on any atom is -0.368 e. The predicted molar refractivity (Wildman–Crippen MR) is 81.9 cm³/mol. The van der Waals surface area contributed by atoms with Crippen LogP contribution in [-0.4, -0.2) is 33.0 Å². The normalized spacial score (nSPS) is 15.0. The van der Waals surface area contributed by atoms with Crippen molar-refractivity contribution in [2.45, 2.75) is 25.8 Å². The SMILES string of the molecule is Nc1nc(NCc2ccncc2)nc(N2CCCCC2)n1. The zero-order valence-electron chi connectivity index (χ0n) is 11.9. The Labute approximate surface area is 123 Å². The van der Waals surface area contributed by atoms with Gasteiger partial charge in [-0.15, -0.1) is 0 Å². The maximum absolute atomic E-state index is 5.80. The number of rotatable bonds is 4. The first kappa shape index (κ1) is 13.5. The Hall–Kier alpha value is -2.44. The van der Waals surface area contributed by atoms with Crippen LogP contribution in [0.25, 0.3) is 0 Å². The summed E-state index contributed by atoms with van der Waals surface area (Å²) in [6.07, 6.45) is 7.14. The molecule has 0 spiro atoms. The molecule has 0 saturated carbocycles. The van der Waals surface area contributed by atoms with E-state index in [1.807, 2.05) is 12.1 Å². The van der Waals surface area contributed by atoms with Gasteiger partial charge in [-0.2, -0.15) is 15.0 Å². The van der Waals surface area contributed by atoms with Crippen LogP contribution >= 0.6 is 0 Å². The smallest absolute Gasteiger partial charge is 0.231 e. The van der Waals surface area contributed by atoms with Crippen LogP contribution in [0.2, 0.25) is 0 Å². The van der Waals surface area contributed by atoms with Crippen LogP contribution in [0.1, 0.15) is 24.8 Å². The van der Waals surface area contributed by atoms with E-state index in [2.05, 4.69) is 30.2 Å². The molecule has 2 aromatic rings. The summed E-state index contributed by atoms with van der Waals surface area (Å²) in [7, 11) is 0. The number of pyridine rings is 1. The van der Waals surface area contributed by atoms with Crippen molar-refractivity contribution in [3.8, 4) is 0 Å². The van der Waals surface area contributed by atoms with E-state index < -0.39 is 0 Å². The third-order valence-corrected chi connectivity index (χ3v) is 3.48. The zero-order valence-corrected chi connectivity index (χ0v) is 11.9. The monoisotopic (exact) mass is 285 g/mol. The highest BCUT2D eigenvalue weighted by Gasteiger charge is 2.15. The Bertz CT molecular complexity index is 581. The lowest BCUT2D eigenvalue weighted by Gasteiger charge is -2.26. The van der Waals surface area contributed by atoms with Crippen LogP contribution in [0.5, 0.6) is 0 Å². The Morgan fingerprint density at radius 3 is 2.57 bits per heavy atom. The Balaban J connectivity index is 1.71. The van der Waals surface area contributed by atoms with E-state index in [4.69, 9.17) is 5.73 Å². The molecule has 7 heteroatoms. The highest BCUT2D eigenvalue weighted by Crippen LogP contribution is 2.17. The molecule has 1 saturated heterocycles. The van der Waals surface area contributed by atoms with Crippen molar-refractivity contribution in [1.29, 1.82) is 0 Å². The first-order valence-electron chi connectivity index (χ1n) is 7.20. The molecule has 1 aliphatic rings. The highest BCUT2D eigenvalue weighted by atomic mass is 15.3. The molecule has 3 N–H and O–H groups in total. The van der Waals surface area contributed by atoms with E-state index in [1.165, 1.54) is 19.3 Å². The van der Waals surface area contributed by atoms with Crippen LogP contribution in [0.15, 0.2) is 24.5 Å². The van der Waals surface area contributed by atoms with Gasteiger partial charge in [0.25, 0.3) is 0 Å². The number of nitrogen functional groups attached to an aromatic ring is 1. The summed E-state index contributed by atoms with van der Waals surface area (Å²) >= 11 is 0. The van der Waals surface area contributed by atoms with Crippen LogP contribution < -0.4 is 16.0 Å². The number of anilines is 3. The molecule has 7 nitrogen and oxygen atoms in total. The van der Waals surface area contributed by atoms with E-state index in [0.717, 1.165) is 18.7 Å². The van der Waals surface area contributed by atoms with E-state index in [1.54, 1.807) is 12.4 Å². The number of hydrogen-bond donors (Lipinski definition) is 2. The lowest BCUT2D eigenvalue weighted by molar-refractivity contribution is 0.568. The van der Waals surface area contributed by atoms with E-state index in [0.29, 0.717) is 18.4 Å². The number of piperidine rings is 1. The first-order valence-corrected chi connectivity index (χ1v) is 7.20. The Morgan fingerprint density at radius 1 is 1.05 bits per heavy atom. The number of nitrogens with zero attached hydrogens (tertiary/aromatic N) is 5. The molecule has 3 heterocycles. The van der Waals surface area contributed by atoms with Crippen molar-refractivity contribution in [3.05, 3.63) is 30.1 Å². The molecular formula is C14H19N7. The van der Waals surface area contributed by atoms with Crippen LogP contribution in [0.4, 0.5) is 17.8 Å². The van der Waals surface area contributed by atoms with Crippen molar-refractivity contribution in [1.82, 2.24) is 19.9 Å². The first-order chi connectivity index (χ1) is 10.3. The lowest BCUT2D eigenvalue weighted by Crippen LogP contribution is -2.31. The minimum absolute atomic E-state index is 0.253. The maximum atomic E-state index is 5.80. The number of nitrogens with two attached hydrogens (primary N) is 1. The third kappa shape index (κ3) is 3.56. The van der Waals surface area contributed by atoms with Crippen molar-refractivity contribution in [2.75, 3.05) is 29.0 Å². The van der Waals surface area contributed by atoms with Gasteiger partial charge in [0.2, 0.25) is 17.8 Å². The van der Waals surface area contributed by atoms with Crippen molar-refractivity contribution in [3.63, 3.8) is 0 Å². The fourth-order valence-electron chi connectivity index (χ4n) is 2.38. The summed E-state index contributed by atoms with van der Waals surface area (Å²) in [5.41, 5.74) is 6.91. The molecule has 0 unspecified atom stereocenters. The number of hydrogen-bond acceptors (Lipinski definition) is 7. The van der Waals surface area contributed by atoms with Gasteiger partial charge in [0.1, 0.15) is 0 Å². The molecule has 0 aromatic carbocycles. The summed E-state index contributed by atoms with van der Waals surface area (Å²) < 4.78 is 0. The van der Waals surface area contributed by atoms with Gasteiger partial charge in [0.05, 0.1) is 0 Å². The third-order valence-electron chi connectivity index (χ3n) is 3.48. The van der Waals surface area contributed by atoms with Crippen molar-refractivity contribution < 1.29 is 0 Å². The molecule has 1 aliphatic heterocycles. The Kier molecular flexibility index (Phi) is 4.09. The van der Waals surface area contributed by atoms with Gasteiger partial charge in [-0.25, -0.2) is 0 Å². The number of aromatic nitrogens is 4. The molecule has 0 amide bonds. The highest BCUT2D eigenvalue weighted by molar-refractivity contribution is 5.42. The lowest BCUT2D eigenvalue weighted by atomic mass is 10.1. The number of nitrogens with one attached hydrogen (secondary N) is 1. The summed E-state index contributed by atoms with van der Waals surface area (Å²) in [6.45, 7) is 2.59. The topological polar surface area (TPSA) is 92.8 Å². The van der Waals surface area contributed by atoms with Gasteiger partial charge in [-0.05, 0) is 37.0 Å². The zero-order chi connectivity index (χ0) is 14.5. The maximum Gasteiger partial charge on any atom is 0.231 e. The molecule has 1 fully saturated rings. The van der Waals surface area contributed by atoms with E-state index in [9.17, 15) is 0 Å². The van der Waals surface area contributed by atoms with Crippen molar-refractivity contribution in [2.24, 2.45) is 0 Å². The van der Waals surface area contributed by atoms with Crippen LogP contribution in [0.3, 0.4) is 0 Å². The largest absolute Gasteiger partial charge is 0.368 e. The fourth-order valence-corrected chi connectivity index (χ4v) is 2.38. The summed E-state index contributed by atoms with van der Waals surface area (Å²) in [5, 5.41) is 3.18. The summed E-state index contributed by atoms with van der Waals surface area (Å²) in [6, 6.07) is 3.90. The average Bonchev–Trinajstić information content (AvgIpc) is 2.54. The van der Waals surface area contributed by atoms with Gasteiger partial charge in [0.15, 0.2) is 0 Å². The van der Waals surface area contributed by atoms with Gasteiger partial charge in [-0.1, -0.05) is 0 Å². The molecule has 0 radical (unpaired) electrons. The van der Waals surface area contributed by atoms with Crippen LogP contribution in [-0.2, 0) is 6.54 Å². The second kappa shape index (κ2) is 6.34. The summed E-state index contributed by atoms with van der Waals surface area (Å²) in [4.78, 5) is 19.0. The van der Waals surface area contributed by atoms with Gasteiger partial charge >= 0.3 is 0 Å². The molecule has 0 aliphatic carbocycles. The molecule has 3 rings (SSSR count). The molecule has 21 heavy (non-hydrogen) atoms. The molecular weight excluding hydrogens is 266 g/mol. The minimum atomic E-state index is 0.253. The predicted octanol–water partition coefficient (Wildman–Crippen LogP) is 1.45. The second-order valence-corrected chi connectivity index (χ2v) is 5.07. The van der Waals surface area contributed by atoms with E-state index in [-0.39, 0.29) is 5.95 Å². The molecule has 2 aromatic heterocycles. The Morgan fingerprint density at radius 2 is 1.81 bits per heavy atom. The molecule has 0 bridgehead atoms. The molecule has 0 atom stereocenters. The molecule has 110 valence electrons. The van der Waals surface area contributed by atoms with Crippen molar-refractivity contribution >= 4 is 17.8 Å². The van der Waals surface area contributed by atoms with Crippen LogP contribution in [0, 0.1) is 0 Å². The fraction of sp³-hybridized carbons (Fsp3) is 0.429. The summed E-state index contributed by atoms with van der Waals surface area (Å²) in [5.74, 6) is 1.43.